The van der Waals surface area contributed by atoms with Crippen molar-refractivity contribution in [2.75, 3.05) is 14.2 Å². The van der Waals surface area contributed by atoms with Gasteiger partial charge in [-0.2, -0.15) is 0 Å². The molecule has 0 aliphatic carbocycles. The van der Waals surface area contributed by atoms with Gasteiger partial charge < -0.3 is 14.2 Å². The normalized spacial score (nSPS) is 10.2. The number of rotatable bonds is 6. The second kappa shape index (κ2) is 6.85. The monoisotopic (exact) mass is 272 g/mol. The minimum Gasteiger partial charge on any atom is -0.497 e. The molecule has 0 radical (unpaired) electrons. The van der Waals surface area contributed by atoms with E-state index in [-0.39, 0.29) is 0 Å². The lowest BCUT2D eigenvalue weighted by Crippen LogP contribution is -1.98. The third kappa shape index (κ3) is 3.44. The molecular formula is C17H20O3. The smallest absolute Gasteiger partial charge is 0.161 e. The Morgan fingerprint density at radius 2 is 1.50 bits per heavy atom. The van der Waals surface area contributed by atoms with Crippen LogP contribution in [-0.4, -0.2) is 14.2 Å². The van der Waals surface area contributed by atoms with Crippen molar-refractivity contribution >= 4 is 0 Å². The van der Waals surface area contributed by atoms with Crippen LogP contribution in [-0.2, 0) is 13.0 Å². The first kappa shape index (κ1) is 14.3. The molecule has 0 amide bonds. The van der Waals surface area contributed by atoms with Crippen LogP contribution in [0.1, 0.15) is 18.1 Å². The lowest BCUT2D eigenvalue weighted by Gasteiger charge is -2.12. The highest BCUT2D eigenvalue weighted by Gasteiger charge is 2.05. The van der Waals surface area contributed by atoms with Gasteiger partial charge in [-0.15, -0.1) is 0 Å². The summed E-state index contributed by atoms with van der Waals surface area (Å²) >= 11 is 0. The number of benzene rings is 2. The number of methoxy groups -OCH3 is 2. The van der Waals surface area contributed by atoms with E-state index in [9.17, 15) is 0 Å². The van der Waals surface area contributed by atoms with E-state index in [2.05, 4.69) is 13.0 Å². The van der Waals surface area contributed by atoms with Crippen LogP contribution >= 0.6 is 0 Å². The molecule has 0 saturated carbocycles. The second-order valence-corrected chi connectivity index (χ2v) is 4.48. The van der Waals surface area contributed by atoms with Crippen LogP contribution in [0.25, 0.3) is 0 Å². The predicted molar refractivity (Wildman–Crippen MR) is 79.7 cm³/mol. The van der Waals surface area contributed by atoms with Crippen LogP contribution in [0.2, 0.25) is 0 Å². The maximum absolute atomic E-state index is 5.82. The molecule has 0 saturated heterocycles. The first-order valence-electron chi connectivity index (χ1n) is 6.69. The number of hydrogen-bond donors (Lipinski definition) is 0. The number of hydrogen-bond acceptors (Lipinski definition) is 3. The van der Waals surface area contributed by atoms with Crippen molar-refractivity contribution in [3.63, 3.8) is 0 Å². The molecule has 3 heteroatoms. The molecule has 2 aromatic carbocycles. The molecule has 0 unspecified atom stereocenters. The van der Waals surface area contributed by atoms with Crippen LogP contribution in [0.5, 0.6) is 17.2 Å². The maximum Gasteiger partial charge on any atom is 0.161 e. The summed E-state index contributed by atoms with van der Waals surface area (Å²) in [5.41, 5.74) is 2.33. The average Bonchev–Trinajstić information content (AvgIpc) is 2.53. The highest BCUT2D eigenvalue weighted by atomic mass is 16.5. The quantitative estimate of drug-likeness (QED) is 0.799. The van der Waals surface area contributed by atoms with Crippen LogP contribution in [0.15, 0.2) is 42.5 Å². The fraction of sp³-hybridized carbons (Fsp3) is 0.294. The van der Waals surface area contributed by atoms with Crippen LogP contribution in [0.4, 0.5) is 0 Å². The molecular weight excluding hydrogens is 252 g/mol. The SMILES string of the molecule is CCc1ccc(OCc2ccc(OC)cc2)c(OC)c1. The van der Waals surface area contributed by atoms with Gasteiger partial charge in [-0.1, -0.05) is 25.1 Å². The Balaban J connectivity index is 2.05. The van der Waals surface area contributed by atoms with Crippen molar-refractivity contribution in [2.45, 2.75) is 20.0 Å². The van der Waals surface area contributed by atoms with E-state index in [4.69, 9.17) is 14.2 Å². The lowest BCUT2D eigenvalue weighted by molar-refractivity contribution is 0.284. The molecule has 0 atom stereocenters. The molecule has 106 valence electrons. The van der Waals surface area contributed by atoms with Gasteiger partial charge in [0.2, 0.25) is 0 Å². The molecule has 0 bridgehead atoms. The van der Waals surface area contributed by atoms with Crippen molar-refractivity contribution in [2.24, 2.45) is 0 Å². The summed E-state index contributed by atoms with van der Waals surface area (Å²) in [6.07, 6.45) is 0.981. The largest absolute Gasteiger partial charge is 0.497 e. The average molecular weight is 272 g/mol. The highest BCUT2D eigenvalue weighted by molar-refractivity contribution is 5.43. The summed E-state index contributed by atoms with van der Waals surface area (Å²) in [7, 11) is 3.32. The van der Waals surface area contributed by atoms with Gasteiger partial charge in [-0.05, 0) is 41.8 Å². The zero-order valence-corrected chi connectivity index (χ0v) is 12.2. The van der Waals surface area contributed by atoms with Gasteiger partial charge in [-0.3, -0.25) is 0 Å². The first-order chi connectivity index (χ1) is 9.76. The molecule has 0 spiro atoms. The summed E-state index contributed by atoms with van der Waals surface area (Å²) in [5, 5.41) is 0. The Bertz CT molecular complexity index is 547. The van der Waals surface area contributed by atoms with Crippen LogP contribution in [0.3, 0.4) is 0 Å². The van der Waals surface area contributed by atoms with E-state index in [0.29, 0.717) is 6.61 Å². The van der Waals surface area contributed by atoms with Crippen molar-refractivity contribution < 1.29 is 14.2 Å². The van der Waals surface area contributed by atoms with Crippen molar-refractivity contribution in [1.29, 1.82) is 0 Å². The molecule has 2 aromatic rings. The van der Waals surface area contributed by atoms with Crippen molar-refractivity contribution in [1.82, 2.24) is 0 Å². The summed E-state index contributed by atoms with van der Waals surface area (Å²) in [6.45, 7) is 2.62. The Morgan fingerprint density at radius 3 is 2.10 bits per heavy atom. The van der Waals surface area contributed by atoms with Gasteiger partial charge in [0.25, 0.3) is 0 Å². The second-order valence-electron chi connectivity index (χ2n) is 4.48. The first-order valence-corrected chi connectivity index (χ1v) is 6.69. The van der Waals surface area contributed by atoms with Crippen molar-refractivity contribution in [3.8, 4) is 17.2 Å². The standard InChI is InChI=1S/C17H20O3/c1-4-13-7-10-16(17(11-13)19-3)20-12-14-5-8-15(18-2)9-6-14/h5-11H,4,12H2,1-3H3. The minimum atomic E-state index is 0.506. The zero-order valence-electron chi connectivity index (χ0n) is 12.2. The minimum absolute atomic E-state index is 0.506. The molecule has 0 heterocycles. The molecule has 3 nitrogen and oxygen atoms in total. The van der Waals surface area contributed by atoms with E-state index < -0.39 is 0 Å². The fourth-order valence-electron chi connectivity index (χ4n) is 1.93. The third-order valence-electron chi connectivity index (χ3n) is 3.19. The molecule has 0 aliphatic rings. The predicted octanol–water partition coefficient (Wildman–Crippen LogP) is 3.85. The van der Waals surface area contributed by atoms with Crippen LogP contribution < -0.4 is 14.2 Å². The van der Waals surface area contributed by atoms with Gasteiger partial charge >= 0.3 is 0 Å². The summed E-state index contributed by atoms with van der Waals surface area (Å²) in [6, 6.07) is 13.9. The maximum atomic E-state index is 5.82. The molecule has 2 rings (SSSR count). The molecule has 0 aromatic heterocycles. The fourth-order valence-corrected chi connectivity index (χ4v) is 1.93. The molecule has 20 heavy (non-hydrogen) atoms. The van der Waals surface area contributed by atoms with Gasteiger partial charge in [-0.25, -0.2) is 0 Å². The highest BCUT2D eigenvalue weighted by Crippen LogP contribution is 2.29. The van der Waals surface area contributed by atoms with E-state index in [1.807, 2.05) is 36.4 Å². The van der Waals surface area contributed by atoms with Gasteiger partial charge in [0.05, 0.1) is 14.2 Å². The topological polar surface area (TPSA) is 27.7 Å². The molecule has 0 fully saturated rings. The van der Waals surface area contributed by atoms with E-state index >= 15 is 0 Å². The zero-order chi connectivity index (χ0) is 14.4. The summed E-state index contributed by atoms with van der Waals surface area (Å²) < 4.78 is 16.3. The van der Waals surface area contributed by atoms with Gasteiger partial charge in [0.15, 0.2) is 11.5 Å². The number of aryl methyl sites for hydroxylation is 1. The molecule has 0 N–H and O–H groups in total. The van der Waals surface area contributed by atoms with E-state index in [1.165, 1.54) is 5.56 Å². The lowest BCUT2D eigenvalue weighted by atomic mass is 10.1. The van der Waals surface area contributed by atoms with Crippen molar-refractivity contribution in [3.05, 3.63) is 53.6 Å². The Hall–Kier alpha value is -2.16. The number of ether oxygens (including phenoxy) is 3. The Kier molecular flexibility index (Phi) is 4.88. The van der Waals surface area contributed by atoms with E-state index in [0.717, 1.165) is 29.2 Å². The van der Waals surface area contributed by atoms with Gasteiger partial charge in [0.1, 0.15) is 12.4 Å². The summed E-state index contributed by atoms with van der Waals surface area (Å²) in [4.78, 5) is 0. The van der Waals surface area contributed by atoms with Crippen LogP contribution in [0, 0.1) is 0 Å². The van der Waals surface area contributed by atoms with E-state index in [1.54, 1.807) is 14.2 Å². The third-order valence-corrected chi connectivity index (χ3v) is 3.19. The molecule has 0 aliphatic heterocycles. The Morgan fingerprint density at radius 1 is 0.800 bits per heavy atom. The summed E-state index contributed by atoms with van der Waals surface area (Å²) in [5.74, 6) is 2.39. The Labute approximate surface area is 120 Å². The van der Waals surface area contributed by atoms with Gasteiger partial charge in [0, 0.05) is 0 Å².